The van der Waals surface area contributed by atoms with E-state index in [1.54, 1.807) is 0 Å². The highest BCUT2D eigenvalue weighted by atomic mass is 16.6. The quantitative estimate of drug-likeness (QED) is 0.0333. The first-order chi connectivity index (χ1) is 55.2. The number of rotatable bonds is 94. The molecule has 2 atom stereocenters. The van der Waals surface area contributed by atoms with Crippen LogP contribution in [0.5, 0.6) is 0 Å². The Morgan fingerprint density at radius 2 is 0.416 bits per heavy atom. The zero-order chi connectivity index (χ0) is 82.4. The van der Waals surface area contributed by atoms with Crippen molar-refractivity contribution < 1.29 is 57.9 Å². The smallest absolute Gasteiger partial charge is 0.306 e. The predicted octanol–water partition coefficient (Wildman–Crippen LogP) is 29.3. The molecule has 0 bridgehead atoms. The van der Waals surface area contributed by atoms with Crippen LogP contribution in [0.1, 0.15) is 523 Å². The lowest BCUT2D eigenvalue weighted by Gasteiger charge is -2.23. The fraction of sp³-hybridized carbons (Fsp3) is 0.939. The van der Waals surface area contributed by atoms with Crippen LogP contribution in [0.2, 0.25) is 0 Å². The minimum Gasteiger partial charge on any atom is -0.481 e. The van der Waals surface area contributed by atoms with Crippen molar-refractivity contribution in [3.8, 4) is 0 Å². The van der Waals surface area contributed by atoms with Crippen LogP contribution < -0.4 is 0 Å². The van der Waals surface area contributed by atoms with E-state index in [1.807, 2.05) is 13.8 Å². The maximum Gasteiger partial charge on any atom is 0.306 e. The first kappa shape index (κ1) is 110. The highest BCUT2D eigenvalue weighted by Gasteiger charge is 2.19. The highest BCUT2D eigenvalue weighted by Crippen LogP contribution is 2.28. The number of carbonyl (C=O) groups excluding carboxylic acids is 4. The van der Waals surface area contributed by atoms with Gasteiger partial charge in [0.1, 0.15) is 12.2 Å². The van der Waals surface area contributed by atoms with E-state index in [-0.39, 0.29) is 48.9 Å². The number of esters is 4. The number of unbranched alkanes of at least 4 members (excludes halogenated alkanes) is 50. The topological polar surface area (TPSA) is 186 Å². The lowest BCUT2D eigenvalue weighted by atomic mass is 9.89. The summed E-state index contributed by atoms with van der Waals surface area (Å²) in [6.07, 6.45) is 85.0. The molecule has 0 aromatic carbocycles. The highest BCUT2D eigenvalue weighted by molar-refractivity contribution is 5.70. The minimum atomic E-state index is -0.728. The Kier molecular flexibility index (Phi) is 85.5. The number of aliphatic carboxylic acids is 2. The van der Waals surface area contributed by atoms with Gasteiger partial charge in [0.25, 0.3) is 0 Å². The Bertz CT molecular complexity index is 1890. The van der Waals surface area contributed by atoms with Crippen LogP contribution in [0.25, 0.3) is 0 Å². The largest absolute Gasteiger partial charge is 0.481 e. The Morgan fingerprint density at radius 1 is 0.230 bits per heavy atom. The van der Waals surface area contributed by atoms with Crippen molar-refractivity contribution in [3.63, 3.8) is 0 Å². The molecule has 2 N–H and O–H groups in total. The number of carbonyl (C=O) groups is 6. The molecule has 14 nitrogen and oxygen atoms in total. The molecule has 668 valence electrons. The lowest BCUT2D eigenvalue weighted by Crippen LogP contribution is -2.28. The van der Waals surface area contributed by atoms with E-state index in [2.05, 4.69) is 37.5 Å². The van der Waals surface area contributed by atoms with Crippen LogP contribution in [0.4, 0.5) is 0 Å². The average Bonchev–Trinajstić information content (AvgIpc) is 0.956. The molecule has 0 amide bonds. The third kappa shape index (κ3) is 85.0. The van der Waals surface area contributed by atoms with Gasteiger partial charge in [0, 0.05) is 44.9 Å². The zero-order valence-corrected chi connectivity index (χ0v) is 75.9. The summed E-state index contributed by atoms with van der Waals surface area (Å²) in [7, 11) is 0. The first-order valence-corrected chi connectivity index (χ1v) is 49.8. The lowest BCUT2D eigenvalue weighted by molar-refractivity contribution is -0.154. The SMILES string of the molecule is CCCCCCCCC(CCCCCCCC)CCCCCCCCCOC(=O)CCCCCCCN(CCCCCCCC(=O)O)CCCCC(=O)OC(C)CC(C)OC(=O)CCCCN(CCCCCCCC(=O)O)CCCCCCCC(=O)OCCCCCCCCCC(CCCCCCCC)CCCCCCCC. The average molecular weight is 1600 g/mol. The summed E-state index contributed by atoms with van der Waals surface area (Å²) in [6, 6.07) is 0. The summed E-state index contributed by atoms with van der Waals surface area (Å²) in [6.45, 7) is 19.9. The molecular formula is C99H190N2O12. The number of hydrogen-bond acceptors (Lipinski definition) is 12. The predicted molar refractivity (Wildman–Crippen MR) is 477 cm³/mol. The molecule has 2 unspecified atom stereocenters. The normalized spacial score (nSPS) is 12.3. The number of hydrogen-bond donors (Lipinski definition) is 2. The van der Waals surface area contributed by atoms with E-state index in [9.17, 15) is 28.8 Å². The van der Waals surface area contributed by atoms with E-state index in [1.165, 1.54) is 257 Å². The Labute approximate surface area is 699 Å². The van der Waals surface area contributed by atoms with Gasteiger partial charge in [-0.05, 0) is 155 Å². The van der Waals surface area contributed by atoms with Gasteiger partial charge in [0.2, 0.25) is 0 Å². The number of ether oxygens (including phenoxy) is 4. The summed E-state index contributed by atoms with van der Waals surface area (Å²) >= 11 is 0. The van der Waals surface area contributed by atoms with Crippen molar-refractivity contribution in [1.29, 1.82) is 0 Å². The van der Waals surface area contributed by atoms with Crippen molar-refractivity contribution in [2.24, 2.45) is 11.8 Å². The van der Waals surface area contributed by atoms with Gasteiger partial charge < -0.3 is 39.0 Å². The van der Waals surface area contributed by atoms with Gasteiger partial charge in [0.15, 0.2) is 0 Å². The third-order valence-electron chi connectivity index (χ3n) is 23.9. The monoisotopic (exact) mass is 1600 g/mol. The number of carboxylic acids is 2. The van der Waals surface area contributed by atoms with E-state index >= 15 is 0 Å². The minimum absolute atomic E-state index is 0.0541. The summed E-state index contributed by atoms with van der Waals surface area (Å²) in [5, 5.41) is 18.1. The van der Waals surface area contributed by atoms with E-state index in [4.69, 9.17) is 29.2 Å². The third-order valence-corrected chi connectivity index (χ3v) is 23.9. The Balaban J connectivity index is 4.59. The molecule has 113 heavy (non-hydrogen) atoms. The molecule has 0 spiro atoms. The van der Waals surface area contributed by atoms with Gasteiger partial charge in [-0.25, -0.2) is 0 Å². The van der Waals surface area contributed by atoms with E-state index in [0.717, 1.165) is 231 Å². The van der Waals surface area contributed by atoms with Crippen molar-refractivity contribution in [2.45, 2.75) is 535 Å². The molecule has 0 heterocycles. The van der Waals surface area contributed by atoms with Crippen LogP contribution in [0.15, 0.2) is 0 Å². The van der Waals surface area contributed by atoms with Crippen LogP contribution in [0, 0.1) is 11.8 Å². The van der Waals surface area contributed by atoms with Crippen LogP contribution in [-0.2, 0) is 47.7 Å². The second-order valence-electron chi connectivity index (χ2n) is 35.2. The first-order valence-electron chi connectivity index (χ1n) is 49.8. The van der Waals surface area contributed by atoms with Crippen LogP contribution >= 0.6 is 0 Å². The molecule has 0 fully saturated rings. The Morgan fingerprint density at radius 3 is 0.664 bits per heavy atom. The van der Waals surface area contributed by atoms with E-state index < -0.39 is 11.9 Å². The maximum atomic E-state index is 13.0. The van der Waals surface area contributed by atoms with E-state index in [0.29, 0.717) is 45.3 Å². The van der Waals surface area contributed by atoms with Gasteiger partial charge in [0.05, 0.1) is 13.2 Å². The fourth-order valence-corrected chi connectivity index (χ4v) is 16.6. The second-order valence-corrected chi connectivity index (χ2v) is 35.2. The molecule has 0 rings (SSSR count). The molecular weight excluding hydrogens is 1410 g/mol. The standard InChI is InChI=1S/C99H190N2O12/c1-7-11-15-19-33-49-69-92(70-50-34-20-16-12-8-2)73-53-37-25-23-27-47-67-87-110-96(106)77-57-41-31-45-63-83-100(81-61-43-29-39-55-75-94(102)103)85-65-59-79-98(108)112-90(5)89-91(6)113-99(109)80-60-66-86-101(82-62-44-30-40-56-76-95(104)105)84-64-46-32-42-58-78-97(107)111-88-68-48-28-24-26-38-54-74-93(71-51-35-21-17-13-9-3)72-52-36-22-18-14-10-4/h90-93H,7-89H2,1-6H3,(H,102,103)(H,104,105). The summed E-state index contributed by atoms with van der Waals surface area (Å²) in [5.74, 6) is -0.131. The molecule has 0 aliphatic heterocycles. The van der Waals surface area contributed by atoms with Gasteiger partial charge in [-0.15, -0.1) is 0 Å². The van der Waals surface area contributed by atoms with Gasteiger partial charge in [-0.2, -0.15) is 0 Å². The second kappa shape index (κ2) is 88.0. The van der Waals surface area contributed by atoms with Crippen LogP contribution in [0.3, 0.4) is 0 Å². The molecule has 0 saturated carbocycles. The van der Waals surface area contributed by atoms with Crippen molar-refractivity contribution in [1.82, 2.24) is 9.80 Å². The van der Waals surface area contributed by atoms with Crippen molar-refractivity contribution in [3.05, 3.63) is 0 Å². The maximum absolute atomic E-state index is 13.0. The summed E-state index contributed by atoms with van der Waals surface area (Å²) < 4.78 is 22.9. The summed E-state index contributed by atoms with van der Waals surface area (Å²) in [5.41, 5.74) is 0. The molecule has 0 aromatic heterocycles. The number of nitrogens with zero attached hydrogens (tertiary/aromatic N) is 2. The molecule has 0 aliphatic carbocycles. The van der Waals surface area contributed by atoms with Gasteiger partial charge in [-0.3, -0.25) is 28.8 Å². The van der Waals surface area contributed by atoms with Crippen molar-refractivity contribution >= 4 is 35.8 Å². The molecule has 0 saturated heterocycles. The van der Waals surface area contributed by atoms with Crippen LogP contribution in [-0.4, -0.2) is 121 Å². The summed E-state index contributed by atoms with van der Waals surface area (Å²) in [4.78, 5) is 78.2. The molecule has 0 radical (unpaired) electrons. The molecule has 0 aliphatic rings. The Hall–Kier alpha value is -3.26. The van der Waals surface area contributed by atoms with Gasteiger partial charge >= 0.3 is 35.8 Å². The molecule has 14 heteroatoms. The molecule has 0 aromatic rings. The van der Waals surface area contributed by atoms with Crippen molar-refractivity contribution in [2.75, 3.05) is 52.5 Å². The zero-order valence-electron chi connectivity index (χ0n) is 75.9. The van der Waals surface area contributed by atoms with Gasteiger partial charge in [-0.1, -0.05) is 374 Å². The fourth-order valence-electron chi connectivity index (χ4n) is 16.6. The number of carboxylic acid groups (broad SMARTS) is 2.